The van der Waals surface area contributed by atoms with E-state index in [1.807, 2.05) is 0 Å². The van der Waals surface area contributed by atoms with Crippen molar-refractivity contribution in [2.45, 2.75) is 0 Å². The lowest BCUT2D eigenvalue weighted by atomic mass is 10.2. The van der Waals surface area contributed by atoms with E-state index in [9.17, 15) is 0 Å². The third-order valence-electron chi connectivity index (χ3n) is 2.70. The Morgan fingerprint density at radius 3 is 2.37 bits per heavy atom. The number of hydrogen-bond acceptors (Lipinski definition) is 3. The van der Waals surface area contributed by atoms with E-state index in [-0.39, 0.29) is 0 Å². The fraction of sp³-hybridized carbons (Fsp3) is 0. The van der Waals surface area contributed by atoms with Gasteiger partial charge in [0.1, 0.15) is 11.3 Å². The first-order valence-corrected chi connectivity index (χ1v) is 6.45. The third-order valence-corrected chi connectivity index (χ3v) is 3.62. The summed E-state index contributed by atoms with van der Waals surface area (Å²) in [5, 5.41) is 1.43. The van der Waals surface area contributed by atoms with Gasteiger partial charge in [-0.2, -0.15) is 0 Å². The van der Waals surface area contributed by atoms with Crippen molar-refractivity contribution in [2.75, 3.05) is 5.73 Å². The zero-order valence-corrected chi connectivity index (χ0v) is 11.7. The number of nitrogens with two attached hydrogens (primary N) is 1. The van der Waals surface area contributed by atoms with Crippen LogP contribution in [0.25, 0.3) is 22.4 Å². The summed E-state index contributed by atoms with van der Waals surface area (Å²) in [5.74, 6) is 0.803. The SMILES string of the molecule is Nc1ncc(Cl)c2[nH]c(-c3c(Cl)cccc3Cl)nc12. The van der Waals surface area contributed by atoms with Gasteiger partial charge in [0, 0.05) is 0 Å². The summed E-state index contributed by atoms with van der Waals surface area (Å²) < 4.78 is 0. The molecule has 4 nitrogen and oxygen atoms in total. The molecule has 0 bridgehead atoms. The predicted octanol–water partition coefficient (Wildman–Crippen LogP) is 4.17. The van der Waals surface area contributed by atoms with Crippen LogP contribution in [0.4, 0.5) is 5.82 Å². The van der Waals surface area contributed by atoms with Crippen LogP contribution in [-0.4, -0.2) is 15.0 Å². The number of halogens is 3. The molecule has 0 fully saturated rings. The van der Waals surface area contributed by atoms with Crippen LogP contribution in [0.15, 0.2) is 24.4 Å². The standard InChI is InChI=1S/C12H7Cl3N4/c13-5-2-1-3-6(14)8(5)12-18-9-7(15)4-17-11(16)10(9)19-12/h1-4H,(H2,16,17)(H,18,19). The molecule has 3 aromatic rings. The summed E-state index contributed by atoms with van der Waals surface area (Å²) in [6, 6.07) is 5.23. The number of pyridine rings is 1. The average Bonchev–Trinajstić information content (AvgIpc) is 2.80. The van der Waals surface area contributed by atoms with E-state index < -0.39 is 0 Å². The molecule has 96 valence electrons. The fourth-order valence-corrected chi connectivity index (χ4v) is 2.59. The molecule has 0 saturated carbocycles. The highest BCUT2D eigenvalue weighted by molar-refractivity contribution is 6.39. The Morgan fingerprint density at radius 1 is 1.05 bits per heavy atom. The van der Waals surface area contributed by atoms with Crippen LogP contribution in [-0.2, 0) is 0 Å². The number of nitrogens with zero attached hydrogens (tertiary/aromatic N) is 2. The molecule has 3 N–H and O–H groups in total. The molecule has 0 saturated heterocycles. The minimum atomic E-state index is 0.296. The summed E-state index contributed by atoms with van der Waals surface area (Å²) >= 11 is 18.3. The van der Waals surface area contributed by atoms with Gasteiger partial charge in [-0.25, -0.2) is 9.97 Å². The van der Waals surface area contributed by atoms with Gasteiger partial charge in [-0.15, -0.1) is 0 Å². The average molecular weight is 314 g/mol. The monoisotopic (exact) mass is 312 g/mol. The minimum absolute atomic E-state index is 0.296. The number of nitrogen functional groups attached to an aromatic ring is 1. The maximum absolute atomic E-state index is 6.15. The number of anilines is 1. The van der Waals surface area contributed by atoms with Crippen LogP contribution in [0.2, 0.25) is 15.1 Å². The van der Waals surface area contributed by atoms with Gasteiger partial charge < -0.3 is 10.7 Å². The number of aromatic amines is 1. The number of fused-ring (bicyclic) bond motifs is 1. The molecule has 0 spiro atoms. The second-order valence-corrected chi connectivity index (χ2v) is 5.12. The quantitative estimate of drug-likeness (QED) is 0.708. The molecule has 0 atom stereocenters. The summed E-state index contributed by atoms with van der Waals surface area (Å²) in [6.45, 7) is 0. The van der Waals surface area contributed by atoms with Crippen molar-refractivity contribution in [1.29, 1.82) is 0 Å². The van der Waals surface area contributed by atoms with Crippen LogP contribution >= 0.6 is 34.8 Å². The number of hydrogen-bond donors (Lipinski definition) is 2. The number of imidazole rings is 1. The van der Waals surface area contributed by atoms with E-state index in [0.717, 1.165) is 0 Å². The molecule has 3 rings (SSSR count). The highest BCUT2D eigenvalue weighted by atomic mass is 35.5. The lowest BCUT2D eigenvalue weighted by molar-refractivity contribution is 1.33. The van der Waals surface area contributed by atoms with E-state index in [1.165, 1.54) is 6.20 Å². The van der Waals surface area contributed by atoms with Crippen molar-refractivity contribution >= 4 is 51.7 Å². The van der Waals surface area contributed by atoms with Gasteiger partial charge in [0.2, 0.25) is 0 Å². The molecule has 0 aliphatic carbocycles. The molecule has 7 heteroatoms. The molecular formula is C12H7Cl3N4. The van der Waals surface area contributed by atoms with Crippen LogP contribution < -0.4 is 5.73 Å². The Balaban J connectivity index is 2.33. The van der Waals surface area contributed by atoms with Crippen LogP contribution in [0.5, 0.6) is 0 Å². The van der Waals surface area contributed by atoms with E-state index in [0.29, 0.717) is 43.3 Å². The van der Waals surface area contributed by atoms with Crippen molar-refractivity contribution in [3.63, 3.8) is 0 Å². The zero-order valence-electron chi connectivity index (χ0n) is 9.42. The van der Waals surface area contributed by atoms with Gasteiger partial charge in [-0.1, -0.05) is 40.9 Å². The third kappa shape index (κ3) is 2.02. The first-order chi connectivity index (χ1) is 9.08. The lowest BCUT2D eigenvalue weighted by Crippen LogP contribution is -1.90. The molecule has 2 aromatic heterocycles. The normalized spacial score (nSPS) is 11.1. The van der Waals surface area contributed by atoms with Crippen molar-refractivity contribution < 1.29 is 0 Å². The Kier molecular flexibility index (Phi) is 3.01. The topological polar surface area (TPSA) is 67.6 Å². The van der Waals surface area contributed by atoms with Crippen LogP contribution in [0.3, 0.4) is 0 Å². The Bertz CT molecular complexity index is 723. The summed E-state index contributed by atoms with van der Waals surface area (Å²) in [7, 11) is 0. The highest BCUT2D eigenvalue weighted by Crippen LogP contribution is 2.35. The molecule has 0 unspecified atom stereocenters. The molecular weight excluding hydrogens is 307 g/mol. The second kappa shape index (κ2) is 4.56. The number of H-pyrrole nitrogens is 1. The first kappa shape index (κ1) is 12.5. The van der Waals surface area contributed by atoms with Crippen molar-refractivity contribution in [3.05, 3.63) is 39.5 Å². The van der Waals surface area contributed by atoms with Gasteiger partial charge in [-0.3, -0.25) is 0 Å². The van der Waals surface area contributed by atoms with Gasteiger partial charge in [0.15, 0.2) is 5.82 Å². The zero-order chi connectivity index (χ0) is 13.6. The second-order valence-electron chi connectivity index (χ2n) is 3.90. The Labute approximate surface area is 123 Å². The van der Waals surface area contributed by atoms with Crippen molar-refractivity contribution in [3.8, 4) is 11.4 Å². The van der Waals surface area contributed by atoms with Gasteiger partial charge >= 0.3 is 0 Å². The smallest absolute Gasteiger partial charge is 0.151 e. The van der Waals surface area contributed by atoms with E-state index in [2.05, 4.69) is 15.0 Å². The number of aromatic nitrogens is 3. The van der Waals surface area contributed by atoms with Crippen LogP contribution in [0, 0.1) is 0 Å². The number of nitrogens with one attached hydrogen (secondary N) is 1. The molecule has 2 heterocycles. The first-order valence-electron chi connectivity index (χ1n) is 5.32. The van der Waals surface area contributed by atoms with Gasteiger partial charge in [0.25, 0.3) is 0 Å². The van der Waals surface area contributed by atoms with Crippen LogP contribution in [0.1, 0.15) is 0 Å². The predicted molar refractivity (Wildman–Crippen MR) is 78.8 cm³/mol. The maximum Gasteiger partial charge on any atom is 0.151 e. The molecule has 0 radical (unpaired) electrons. The number of benzene rings is 1. The molecule has 19 heavy (non-hydrogen) atoms. The molecule has 1 aromatic carbocycles. The summed E-state index contributed by atoms with van der Waals surface area (Å²) in [4.78, 5) is 11.4. The lowest BCUT2D eigenvalue weighted by Gasteiger charge is -2.02. The minimum Gasteiger partial charge on any atom is -0.382 e. The van der Waals surface area contributed by atoms with Gasteiger partial charge in [-0.05, 0) is 12.1 Å². The Hall–Kier alpha value is -1.49. The summed E-state index contributed by atoms with van der Waals surface area (Å²) in [5.41, 5.74) is 7.49. The largest absolute Gasteiger partial charge is 0.382 e. The van der Waals surface area contributed by atoms with Crippen molar-refractivity contribution in [2.24, 2.45) is 0 Å². The van der Waals surface area contributed by atoms with E-state index in [1.54, 1.807) is 18.2 Å². The molecule has 0 amide bonds. The van der Waals surface area contributed by atoms with E-state index in [4.69, 9.17) is 40.5 Å². The van der Waals surface area contributed by atoms with Crippen molar-refractivity contribution in [1.82, 2.24) is 15.0 Å². The molecule has 0 aliphatic heterocycles. The fourth-order valence-electron chi connectivity index (χ4n) is 1.83. The number of rotatable bonds is 1. The Morgan fingerprint density at radius 2 is 1.74 bits per heavy atom. The summed E-state index contributed by atoms with van der Waals surface area (Å²) in [6.07, 6.45) is 1.47. The maximum atomic E-state index is 6.15. The van der Waals surface area contributed by atoms with Gasteiger partial charge in [0.05, 0.1) is 32.3 Å². The molecule has 0 aliphatic rings. The van der Waals surface area contributed by atoms with E-state index >= 15 is 0 Å². The highest BCUT2D eigenvalue weighted by Gasteiger charge is 2.15.